The molecule has 0 aliphatic heterocycles. The Labute approximate surface area is 119 Å². The Morgan fingerprint density at radius 1 is 1.20 bits per heavy atom. The monoisotopic (exact) mass is 281 g/mol. The molecule has 0 unspecified atom stereocenters. The van der Waals surface area contributed by atoms with Gasteiger partial charge in [-0.05, 0) is 38.0 Å². The maximum Gasteiger partial charge on any atom is 0.308 e. The van der Waals surface area contributed by atoms with E-state index in [0.717, 1.165) is 5.56 Å². The highest BCUT2D eigenvalue weighted by molar-refractivity contribution is 5.70. The summed E-state index contributed by atoms with van der Waals surface area (Å²) in [5, 5.41) is 22.3. The van der Waals surface area contributed by atoms with Gasteiger partial charge in [0.2, 0.25) is 0 Å². The van der Waals surface area contributed by atoms with Gasteiger partial charge in [0.15, 0.2) is 0 Å². The molecule has 0 heterocycles. The number of rotatable bonds is 5. The Morgan fingerprint density at radius 2 is 1.85 bits per heavy atom. The molecular weight excluding hydrogens is 258 g/mol. The lowest BCUT2D eigenvalue weighted by Crippen LogP contribution is -2.35. The van der Waals surface area contributed by atoms with Crippen molar-refractivity contribution in [2.45, 2.75) is 53.0 Å². The molecule has 5 nitrogen and oxygen atoms in total. The second kappa shape index (κ2) is 6.83. The Bertz CT molecular complexity index is 477. The van der Waals surface area contributed by atoms with Gasteiger partial charge in [0.1, 0.15) is 5.75 Å². The number of aliphatic hydroxyl groups excluding tert-OH is 2. The molecule has 0 aliphatic rings. The van der Waals surface area contributed by atoms with Crippen LogP contribution < -0.4 is 10.1 Å². The third kappa shape index (κ3) is 4.59. The van der Waals surface area contributed by atoms with Gasteiger partial charge in [0.25, 0.3) is 0 Å². The topological polar surface area (TPSA) is 78.8 Å². The first-order valence-corrected chi connectivity index (χ1v) is 6.57. The van der Waals surface area contributed by atoms with E-state index in [1.54, 1.807) is 12.1 Å². The Hall–Kier alpha value is -1.43. The Balaban J connectivity index is 3.18. The Kier molecular flexibility index (Phi) is 5.68. The molecule has 1 rings (SSSR count). The number of carbonyl (C=O) groups excluding carboxylic acids is 1. The predicted molar refractivity (Wildman–Crippen MR) is 76.2 cm³/mol. The van der Waals surface area contributed by atoms with E-state index in [1.807, 2.05) is 20.8 Å². The van der Waals surface area contributed by atoms with Gasteiger partial charge in [0.05, 0.1) is 13.2 Å². The zero-order valence-electron chi connectivity index (χ0n) is 12.5. The van der Waals surface area contributed by atoms with Gasteiger partial charge in [-0.15, -0.1) is 0 Å². The fourth-order valence-corrected chi connectivity index (χ4v) is 1.87. The predicted octanol–water partition coefficient (Wildman–Crippen LogP) is 1.48. The number of aliphatic hydroxyl groups is 2. The molecule has 3 N–H and O–H groups in total. The number of carbonyl (C=O) groups is 1. The van der Waals surface area contributed by atoms with E-state index >= 15 is 0 Å². The fourth-order valence-electron chi connectivity index (χ4n) is 1.87. The molecule has 1 aromatic carbocycles. The molecule has 0 aliphatic carbocycles. The number of esters is 1. The second-order valence-electron chi connectivity index (χ2n) is 5.69. The van der Waals surface area contributed by atoms with Gasteiger partial charge in [-0.1, -0.05) is 6.07 Å². The van der Waals surface area contributed by atoms with Crippen molar-refractivity contribution < 1.29 is 19.7 Å². The van der Waals surface area contributed by atoms with Gasteiger partial charge >= 0.3 is 5.97 Å². The lowest BCUT2D eigenvalue weighted by Gasteiger charge is -2.23. The van der Waals surface area contributed by atoms with Gasteiger partial charge in [-0.2, -0.15) is 0 Å². The molecule has 0 saturated carbocycles. The number of nitrogens with one attached hydrogen (secondary N) is 1. The van der Waals surface area contributed by atoms with Crippen molar-refractivity contribution in [1.29, 1.82) is 0 Å². The highest BCUT2D eigenvalue weighted by atomic mass is 16.5. The van der Waals surface area contributed by atoms with Crippen molar-refractivity contribution in [3.63, 3.8) is 0 Å². The molecule has 1 aromatic rings. The van der Waals surface area contributed by atoms with Crippen LogP contribution in [0, 0.1) is 0 Å². The number of ether oxygens (including phenoxy) is 1. The van der Waals surface area contributed by atoms with E-state index in [-0.39, 0.29) is 18.8 Å². The summed E-state index contributed by atoms with van der Waals surface area (Å²) < 4.78 is 5.10. The zero-order valence-corrected chi connectivity index (χ0v) is 12.5. The summed E-state index contributed by atoms with van der Waals surface area (Å²) in [6.07, 6.45) is 0. The van der Waals surface area contributed by atoms with Gasteiger partial charge < -0.3 is 20.3 Å². The van der Waals surface area contributed by atoms with Gasteiger partial charge in [-0.3, -0.25) is 4.79 Å². The molecule has 112 valence electrons. The van der Waals surface area contributed by atoms with Gasteiger partial charge in [0, 0.05) is 24.6 Å². The van der Waals surface area contributed by atoms with Crippen LogP contribution in [0.4, 0.5) is 0 Å². The Morgan fingerprint density at radius 3 is 2.30 bits per heavy atom. The van der Waals surface area contributed by atoms with Crippen LogP contribution >= 0.6 is 0 Å². The summed E-state index contributed by atoms with van der Waals surface area (Å²) in [6.45, 7) is 7.49. The third-order valence-electron chi connectivity index (χ3n) is 2.86. The van der Waals surface area contributed by atoms with Crippen molar-refractivity contribution in [2.75, 3.05) is 0 Å². The minimum absolute atomic E-state index is 0.100. The summed E-state index contributed by atoms with van der Waals surface area (Å²) in [4.78, 5) is 11.1. The summed E-state index contributed by atoms with van der Waals surface area (Å²) in [7, 11) is 0. The van der Waals surface area contributed by atoms with Crippen LogP contribution in [-0.4, -0.2) is 21.7 Å². The minimum atomic E-state index is -0.439. The van der Waals surface area contributed by atoms with Crippen LogP contribution in [0.3, 0.4) is 0 Å². The smallest absolute Gasteiger partial charge is 0.308 e. The fraction of sp³-hybridized carbons (Fsp3) is 0.533. The van der Waals surface area contributed by atoms with Crippen molar-refractivity contribution in [2.24, 2.45) is 0 Å². The first-order chi connectivity index (χ1) is 9.28. The zero-order chi connectivity index (χ0) is 15.3. The van der Waals surface area contributed by atoms with Gasteiger partial charge in [-0.25, -0.2) is 0 Å². The average molecular weight is 281 g/mol. The third-order valence-corrected chi connectivity index (χ3v) is 2.86. The van der Waals surface area contributed by atoms with Crippen molar-refractivity contribution in [3.05, 3.63) is 28.8 Å². The first kappa shape index (κ1) is 16.6. The molecule has 0 radical (unpaired) electrons. The SMILES string of the molecule is CC(=O)Oc1ccc(CO)c(CNC(C)(C)C)c1CO. The molecule has 20 heavy (non-hydrogen) atoms. The van der Waals surface area contributed by atoms with Crippen LogP contribution in [-0.2, 0) is 24.6 Å². The molecule has 0 bridgehead atoms. The molecule has 5 heteroatoms. The normalized spacial score (nSPS) is 11.5. The highest BCUT2D eigenvalue weighted by Crippen LogP contribution is 2.27. The maximum atomic E-state index is 11.1. The molecule has 0 aromatic heterocycles. The molecule has 0 amide bonds. The van der Waals surface area contributed by atoms with Crippen molar-refractivity contribution >= 4 is 5.97 Å². The quantitative estimate of drug-likeness (QED) is 0.563. The van der Waals surface area contributed by atoms with Crippen LogP contribution in [0.1, 0.15) is 44.4 Å². The molecule has 0 fully saturated rings. The van der Waals surface area contributed by atoms with E-state index in [9.17, 15) is 15.0 Å². The molecule has 0 atom stereocenters. The lowest BCUT2D eigenvalue weighted by molar-refractivity contribution is -0.131. The summed E-state index contributed by atoms with van der Waals surface area (Å²) in [5.74, 6) is -0.103. The van der Waals surface area contributed by atoms with Crippen LogP contribution in [0.25, 0.3) is 0 Å². The summed E-state index contributed by atoms with van der Waals surface area (Å²) in [6, 6.07) is 3.30. The summed E-state index contributed by atoms with van der Waals surface area (Å²) >= 11 is 0. The van der Waals surface area contributed by atoms with E-state index in [1.165, 1.54) is 6.92 Å². The van der Waals surface area contributed by atoms with E-state index in [2.05, 4.69) is 5.32 Å². The molecule has 0 saturated heterocycles. The number of hydrogen-bond donors (Lipinski definition) is 3. The molecule has 0 spiro atoms. The lowest BCUT2D eigenvalue weighted by atomic mass is 9.99. The maximum absolute atomic E-state index is 11.1. The van der Waals surface area contributed by atoms with E-state index in [4.69, 9.17) is 4.74 Å². The largest absolute Gasteiger partial charge is 0.426 e. The average Bonchev–Trinajstić information content (AvgIpc) is 2.34. The van der Waals surface area contributed by atoms with Crippen molar-refractivity contribution in [3.8, 4) is 5.75 Å². The minimum Gasteiger partial charge on any atom is -0.426 e. The van der Waals surface area contributed by atoms with Crippen molar-refractivity contribution in [1.82, 2.24) is 5.32 Å². The first-order valence-electron chi connectivity index (χ1n) is 6.57. The van der Waals surface area contributed by atoms with E-state index < -0.39 is 5.97 Å². The molecular formula is C15H23NO4. The van der Waals surface area contributed by atoms with Crippen LogP contribution in [0.2, 0.25) is 0 Å². The van der Waals surface area contributed by atoms with E-state index in [0.29, 0.717) is 23.4 Å². The standard InChI is InChI=1S/C15H23NO4/c1-10(19)20-14-6-5-11(8-17)12(13(14)9-18)7-16-15(2,3)4/h5-6,16-18H,7-9H2,1-4H3. The summed E-state index contributed by atoms with van der Waals surface area (Å²) in [5.41, 5.74) is 1.91. The van der Waals surface area contributed by atoms with Crippen LogP contribution in [0.15, 0.2) is 12.1 Å². The number of hydrogen-bond acceptors (Lipinski definition) is 5. The second-order valence-corrected chi connectivity index (χ2v) is 5.69. The highest BCUT2D eigenvalue weighted by Gasteiger charge is 2.17. The number of benzene rings is 1. The van der Waals surface area contributed by atoms with Crippen LogP contribution in [0.5, 0.6) is 5.75 Å².